The van der Waals surface area contributed by atoms with Gasteiger partial charge in [-0.15, -0.1) is 0 Å². The summed E-state index contributed by atoms with van der Waals surface area (Å²) in [4.78, 5) is 12.1. The Morgan fingerprint density at radius 2 is 1.79 bits per heavy atom. The summed E-state index contributed by atoms with van der Waals surface area (Å²) in [6.45, 7) is 0.770. The third-order valence-corrected chi connectivity index (χ3v) is 4.40. The highest BCUT2D eigenvalue weighted by molar-refractivity contribution is 9.10. The summed E-state index contributed by atoms with van der Waals surface area (Å²) in [7, 11) is 0. The SMILES string of the molecule is N#C/C(=C/NCc1ccccc1Br)C(=O)NCc1ccccc1Cl. The Bertz CT molecular complexity index is 799. The van der Waals surface area contributed by atoms with Gasteiger partial charge in [-0.25, -0.2) is 0 Å². The van der Waals surface area contributed by atoms with Gasteiger partial charge in [-0.2, -0.15) is 5.26 Å². The lowest BCUT2D eigenvalue weighted by molar-refractivity contribution is -0.117. The van der Waals surface area contributed by atoms with Gasteiger partial charge in [0.1, 0.15) is 11.6 Å². The minimum absolute atomic E-state index is 0.00843. The Morgan fingerprint density at radius 1 is 1.12 bits per heavy atom. The number of carbonyl (C=O) groups is 1. The van der Waals surface area contributed by atoms with Crippen LogP contribution < -0.4 is 10.6 Å². The third kappa shape index (κ3) is 5.12. The van der Waals surface area contributed by atoms with Crippen molar-refractivity contribution in [2.75, 3.05) is 0 Å². The summed E-state index contributed by atoms with van der Waals surface area (Å²) in [6, 6.07) is 16.9. The lowest BCUT2D eigenvalue weighted by atomic mass is 10.2. The molecule has 0 fully saturated rings. The van der Waals surface area contributed by atoms with Crippen LogP contribution in [0.5, 0.6) is 0 Å². The zero-order valence-electron chi connectivity index (χ0n) is 12.7. The van der Waals surface area contributed by atoms with Crippen molar-refractivity contribution < 1.29 is 4.79 Å². The van der Waals surface area contributed by atoms with E-state index in [0.717, 1.165) is 15.6 Å². The van der Waals surface area contributed by atoms with Crippen LogP contribution >= 0.6 is 27.5 Å². The molecule has 6 heteroatoms. The van der Waals surface area contributed by atoms with E-state index in [0.29, 0.717) is 11.6 Å². The Kier molecular flexibility index (Phi) is 6.86. The van der Waals surface area contributed by atoms with Crippen LogP contribution in [0.2, 0.25) is 5.02 Å². The molecule has 0 aliphatic carbocycles. The first-order valence-electron chi connectivity index (χ1n) is 7.20. The summed E-state index contributed by atoms with van der Waals surface area (Å²) in [6.07, 6.45) is 1.42. The van der Waals surface area contributed by atoms with E-state index in [1.54, 1.807) is 6.07 Å². The van der Waals surface area contributed by atoms with E-state index in [1.165, 1.54) is 6.20 Å². The molecule has 0 saturated heterocycles. The van der Waals surface area contributed by atoms with E-state index in [2.05, 4.69) is 26.6 Å². The van der Waals surface area contributed by atoms with E-state index in [9.17, 15) is 4.79 Å². The first-order valence-corrected chi connectivity index (χ1v) is 8.37. The fourth-order valence-corrected chi connectivity index (χ4v) is 2.59. The maximum atomic E-state index is 12.1. The maximum absolute atomic E-state index is 12.1. The summed E-state index contributed by atoms with van der Waals surface area (Å²) in [5.74, 6) is -0.447. The van der Waals surface area contributed by atoms with Crippen LogP contribution in [0.25, 0.3) is 0 Å². The van der Waals surface area contributed by atoms with Crippen molar-refractivity contribution >= 4 is 33.4 Å². The molecule has 0 atom stereocenters. The number of nitriles is 1. The van der Waals surface area contributed by atoms with E-state index in [1.807, 2.05) is 48.5 Å². The topological polar surface area (TPSA) is 64.9 Å². The predicted octanol–water partition coefficient (Wildman–Crippen LogP) is 3.92. The molecule has 122 valence electrons. The molecule has 2 rings (SSSR count). The largest absolute Gasteiger partial charge is 0.386 e. The lowest BCUT2D eigenvalue weighted by Crippen LogP contribution is -2.25. The first-order chi connectivity index (χ1) is 11.6. The molecule has 0 unspecified atom stereocenters. The number of hydrogen-bond donors (Lipinski definition) is 2. The maximum Gasteiger partial charge on any atom is 0.263 e. The molecule has 2 aromatic rings. The number of halogens is 2. The number of amides is 1. The average molecular weight is 405 g/mol. The number of nitrogens with one attached hydrogen (secondary N) is 2. The predicted molar refractivity (Wildman–Crippen MR) is 98.0 cm³/mol. The quantitative estimate of drug-likeness (QED) is 0.566. The first kappa shape index (κ1) is 18.1. The van der Waals surface area contributed by atoms with Gasteiger partial charge < -0.3 is 10.6 Å². The van der Waals surface area contributed by atoms with Gasteiger partial charge in [0.25, 0.3) is 5.91 Å². The van der Waals surface area contributed by atoms with Gasteiger partial charge in [-0.05, 0) is 23.3 Å². The van der Waals surface area contributed by atoms with Crippen molar-refractivity contribution in [1.82, 2.24) is 10.6 Å². The average Bonchev–Trinajstić information content (AvgIpc) is 2.59. The van der Waals surface area contributed by atoms with E-state index in [4.69, 9.17) is 16.9 Å². The van der Waals surface area contributed by atoms with Gasteiger partial charge in [0.2, 0.25) is 0 Å². The second kappa shape index (κ2) is 9.11. The van der Waals surface area contributed by atoms with Crippen molar-refractivity contribution in [2.24, 2.45) is 0 Å². The number of nitrogens with zero attached hydrogens (tertiary/aromatic N) is 1. The monoisotopic (exact) mass is 403 g/mol. The molecule has 0 radical (unpaired) electrons. The molecule has 0 aliphatic rings. The fourth-order valence-electron chi connectivity index (χ4n) is 1.97. The minimum atomic E-state index is -0.447. The zero-order chi connectivity index (χ0) is 17.4. The third-order valence-electron chi connectivity index (χ3n) is 3.26. The molecule has 2 N–H and O–H groups in total. The standard InChI is InChI=1S/C18H15BrClN3O/c19-16-7-3-1-5-13(16)10-22-11-15(9-21)18(24)23-12-14-6-2-4-8-17(14)20/h1-8,11,22H,10,12H2,(H,23,24)/b15-11-. The molecule has 0 aromatic heterocycles. The van der Waals surface area contributed by atoms with Crippen LogP contribution in [-0.4, -0.2) is 5.91 Å². The molecule has 24 heavy (non-hydrogen) atoms. The summed E-state index contributed by atoms with van der Waals surface area (Å²) < 4.78 is 0.965. The summed E-state index contributed by atoms with van der Waals surface area (Å²) in [5, 5.41) is 15.4. The highest BCUT2D eigenvalue weighted by atomic mass is 79.9. The Labute approximate surface area is 154 Å². The lowest BCUT2D eigenvalue weighted by Gasteiger charge is -2.07. The Morgan fingerprint density at radius 3 is 2.46 bits per heavy atom. The van der Waals surface area contributed by atoms with Gasteiger partial charge in [0, 0.05) is 28.8 Å². The second-order valence-corrected chi connectivity index (χ2v) is 6.18. The minimum Gasteiger partial charge on any atom is -0.386 e. The van der Waals surface area contributed by atoms with E-state index in [-0.39, 0.29) is 12.1 Å². The highest BCUT2D eigenvalue weighted by Gasteiger charge is 2.09. The summed E-state index contributed by atoms with van der Waals surface area (Å²) >= 11 is 9.49. The molecular weight excluding hydrogens is 390 g/mol. The van der Waals surface area contributed by atoms with Gasteiger partial charge >= 0.3 is 0 Å². The van der Waals surface area contributed by atoms with Crippen LogP contribution in [-0.2, 0) is 17.9 Å². The molecule has 0 bridgehead atoms. The van der Waals surface area contributed by atoms with Crippen molar-refractivity contribution in [3.8, 4) is 6.07 Å². The van der Waals surface area contributed by atoms with E-state index < -0.39 is 5.91 Å². The molecule has 0 aliphatic heterocycles. The van der Waals surface area contributed by atoms with Gasteiger partial charge in [0.05, 0.1) is 0 Å². The molecular formula is C18H15BrClN3O. The Balaban J connectivity index is 1.92. The fraction of sp³-hybridized carbons (Fsp3) is 0.111. The molecule has 1 amide bonds. The van der Waals surface area contributed by atoms with Gasteiger partial charge in [-0.3, -0.25) is 4.79 Å². The van der Waals surface area contributed by atoms with Crippen molar-refractivity contribution in [3.05, 3.63) is 80.9 Å². The van der Waals surface area contributed by atoms with Crippen LogP contribution in [0.3, 0.4) is 0 Å². The number of carbonyl (C=O) groups excluding carboxylic acids is 1. The van der Waals surface area contributed by atoms with Crippen LogP contribution in [0.1, 0.15) is 11.1 Å². The summed E-state index contributed by atoms with van der Waals surface area (Å²) in [5.41, 5.74) is 1.84. The van der Waals surface area contributed by atoms with Crippen molar-refractivity contribution in [3.63, 3.8) is 0 Å². The molecule has 0 heterocycles. The van der Waals surface area contributed by atoms with Gasteiger partial charge in [-0.1, -0.05) is 63.9 Å². The van der Waals surface area contributed by atoms with E-state index >= 15 is 0 Å². The molecule has 0 saturated carbocycles. The smallest absolute Gasteiger partial charge is 0.263 e. The molecule has 0 spiro atoms. The normalized spacial score (nSPS) is 10.8. The zero-order valence-corrected chi connectivity index (χ0v) is 15.1. The van der Waals surface area contributed by atoms with Crippen molar-refractivity contribution in [2.45, 2.75) is 13.1 Å². The van der Waals surface area contributed by atoms with Crippen LogP contribution in [0, 0.1) is 11.3 Å². The number of rotatable bonds is 6. The van der Waals surface area contributed by atoms with Crippen LogP contribution in [0.15, 0.2) is 64.8 Å². The van der Waals surface area contributed by atoms with Crippen LogP contribution in [0.4, 0.5) is 0 Å². The number of benzene rings is 2. The molecule has 4 nitrogen and oxygen atoms in total. The van der Waals surface area contributed by atoms with Gasteiger partial charge in [0.15, 0.2) is 0 Å². The van der Waals surface area contributed by atoms with Crippen molar-refractivity contribution in [1.29, 1.82) is 5.26 Å². The highest BCUT2D eigenvalue weighted by Crippen LogP contribution is 2.16. The number of hydrogen-bond acceptors (Lipinski definition) is 3. The molecule has 2 aromatic carbocycles. The Hall–Kier alpha value is -2.29. The second-order valence-electron chi connectivity index (χ2n) is 4.92.